The van der Waals surface area contributed by atoms with Gasteiger partial charge >= 0.3 is 0 Å². The van der Waals surface area contributed by atoms with Gasteiger partial charge in [-0.25, -0.2) is 0 Å². The minimum Gasteiger partial charge on any atom is -0.389 e. The van der Waals surface area contributed by atoms with Crippen LogP contribution in [0.15, 0.2) is 17.5 Å². The number of aryl methyl sites for hydroxylation is 1. The van der Waals surface area contributed by atoms with Gasteiger partial charge < -0.3 is 10.0 Å². The molecule has 0 spiro atoms. The van der Waals surface area contributed by atoms with E-state index in [4.69, 9.17) is 5.11 Å². The van der Waals surface area contributed by atoms with Gasteiger partial charge in [0.1, 0.15) is 0 Å². The molecule has 15 heavy (non-hydrogen) atoms. The number of β-amino-alcohol motifs (C(OH)–C–C–N with tert-alkyl or cyclic N) is 1. The monoisotopic (exact) mass is 223 g/mol. The lowest BCUT2D eigenvalue weighted by molar-refractivity contribution is -0.135. The van der Waals surface area contributed by atoms with Crippen LogP contribution in [0.5, 0.6) is 0 Å². The van der Waals surface area contributed by atoms with Crippen LogP contribution >= 0.6 is 11.3 Å². The van der Waals surface area contributed by atoms with E-state index >= 15 is 0 Å². The van der Waals surface area contributed by atoms with Crippen molar-refractivity contribution in [2.45, 2.75) is 13.0 Å². The maximum absolute atomic E-state index is 11.5. The summed E-state index contributed by atoms with van der Waals surface area (Å²) >= 11 is 1.62. The van der Waals surface area contributed by atoms with Gasteiger partial charge in [0.15, 0.2) is 0 Å². The Labute approximate surface area is 92.6 Å². The largest absolute Gasteiger partial charge is 0.389 e. The van der Waals surface area contributed by atoms with Crippen LogP contribution < -0.4 is 0 Å². The van der Waals surface area contributed by atoms with E-state index in [2.05, 4.69) is 0 Å². The Bertz CT molecular complexity index is 391. The van der Waals surface area contributed by atoms with Crippen LogP contribution in [0.25, 0.3) is 6.08 Å². The zero-order valence-electron chi connectivity index (χ0n) is 8.51. The van der Waals surface area contributed by atoms with Gasteiger partial charge in [0.25, 0.3) is 0 Å². The summed E-state index contributed by atoms with van der Waals surface area (Å²) in [5.74, 6) is -0.0203. The second-order valence-corrected chi connectivity index (χ2v) is 4.65. The number of amides is 1. The summed E-state index contributed by atoms with van der Waals surface area (Å²) in [6.45, 7) is 2.95. The lowest BCUT2D eigenvalue weighted by atomic mass is 10.1. The highest BCUT2D eigenvalue weighted by atomic mass is 32.1. The molecule has 2 heterocycles. The first-order valence-electron chi connectivity index (χ1n) is 4.86. The summed E-state index contributed by atoms with van der Waals surface area (Å²) in [7, 11) is 0. The molecule has 4 heteroatoms. The zero-order chi connectivity index (χ0) is 10.8. The van der Waals surface area contributed by atoms with E-state index in [0.29, 0.717) is 13.1 Å². The molecule has 1 N–H and O–H groups in total. The fourth-order valence-corrected chi connectivity index (χ4v) is 2.26. The average Bonchev–Trinajstić information content (AvgIpc) is 2.55. The summed E-state index contributed by atoms with van der Waals surface area (Å²) in [6, 6.07) is 2.03. The SMILES string of the molecule is Cc1ccsc1C=CC(=O)N1CC(O)C1. The molecule has 0 saturated carbocycles. The number of hydrogen-bond donors (Lipinski definition) is 1. The maximum atomic E-state index is 11.5. The first-order chi connectivity index (χ1) is 7.16. The Balaban J connectivity index is 1.94. The molecule has 80 valence electrons. The van der Waals surface area contributed by atoms with Gasteiger partial charge in [-0.3, -0.25) is 4.79 Å². The lowest BCUT2D eigenvalue weighted by Gasteiger charge is -2.34. The third-order valence-electron chi connectivity index (χ3n) is 2.45. The molecule has 1 fully saturated rings. The van der Waals surface area contributed by atoms with Crippen molar-refractivity contribution in [1.29, 1.82) is 0 Å². The van der Waals surface area contributed by atoms with E-state index in [9.17, 15) is 4.79 Å². The Morgan fingerprint density at radius 3 is 2.93 bits per heavy atom. The van der Waals surface area contributed by atoms with Crippen LogP contribution in [0, 0.1) is 6.92 Å². The van der Waals surface area contributed by atoms with Gasteiger partial charge in [-0.1, -0.05) is 0 Å². The topological polar surface area (TPSA) is 40.5 Å². The quantitative estimate of drug-likeness (QED) is 0.767. The molecule has 1 aliphatic rings. The van der Waals surface area contributed by atoms with Crippen LogP contribution in [0.4, 0.5) is 0 Å². The smallest absolute Gasteiger partial charge is 0.246 e. The van der Waals surface area contributed by atoms with Crippen LogP contribution in [0.3, 0.4) is 0 Å². The van der Waals surface area contributed by atoms with Crippen molar-refractivity contribution < 1.29 is 9.90 Å². The van der Waals surface area contributed by atoms with Crippen LogP contribution in [-0.4, -0.2) is 35.1 Å². The van der Waals surface area contributed by atoms with Crippen molar-refractivity contribution in [3.63, 3.8) is 0 Å². The molecule has 0 bridgehead atoms. The third kappa shape index (κ3) is 2.27. The van der Waals surface area contributed by atoms with Crippen molar-refractivity contribution in [1.82, 2.24) is 4.90 Å². The number of hydrogen-bond acceptors (Lipinski definition) is 3. The molecular formula is C11H13NO2S. The summed E-state index contributed by atoms with van der Waals surface area (Å²) in [5, 5.41) is 11.1. The Kier molecular flexibility index (Phi) is 2.88. The van der Waals surface area contributed by atoms with Crippen molar-refractivity contribution in [2.75, 3.05) is 13.1 Å². The summed E-state index contributed by atoms with van der Waals surface area (Å²) < 4.78 is 0. The number of aliphatic hydroxyl groups excluding tert-OH is 1. The molecule has 1 aromatic rings. The fourth-order valence-electron chi connectivity index (χ4n) is 1.44. The third-order valence-corrected chi connectivity index (χ3v) is 3.44. The molecule has 3 nitrogen and oxygen atoms in total. The molecule has 1 saturated heterocycles. The zero-order valence-corrected chi connectivity index (χ0v) is 9.33. The van der Waals surface area contributed by atoms with Crippen molar-refractivity contribution in [3.8, 4) is 0 Å². The van der Waals surface area contributed by atoms with Gasteiger partial charge in [0, 0.05) is 24.0 Å². The van der Waals surface area contributed by atoms with Crippen LogP contribution in [0.1, 0.15) is 10.4 Å². The van der Waals surface area contributed by atoms with E-state index in [0.717, 1.165) is 4.88 Å². The van der Waals surface area contributed by atoms with Crippen molar-refractivity contribution in [3.05, 3.63) is 28.0 Å². The standard InChI is InChI=1S/C11H13NO2S/c1-8-4-5-15-10(8)2-3-11(14)12-6-9(13)7-12/h2-5,9,13H,6-7H2,1H3. The molecule has 0 unspecified atom stereocenters. The highest BCUT2D eigenvalue weighted by molar-refractivity contribution is 7.11. The number of carbonyl (C=O) groups excluding carboxylic acids is 1. The van der Waals surface area contributed by atoms with E-state index in [-0.39, 0.29) is 12.0 Å². The van der Waals surface area contributed by atoms with Crippen molar-refractivity contribution >= 4 is 23.3 Å². The predicted octanol–water partition coefficient (Wildman–Crippen LogP) is 1.27. The average molecular weight is 223 g/mol. The number of nitrogens with zero attached hydrogens (tertiary/aromatic N) is 1. The molecule has 1 aliphatic heterocycles. The Hall–Kier alpha value is -1.13. The molecule has 2 rings (SSSR count). The van der Waals surface area contributed by atoms with E-state index < -0.39 is 0 Å². The lowest BCUT2D eigenvalue weighted by Crippen LogP contribution is -2.52. The van der Waals surface area contributed by atoms with Crippen LogP contribution in [-0.2, 0) is 4.79 Å². The molecule has 0 radical (unpaired) electrons. The summed E-state index contributed by atoms with van der Waals surface area (Å²) in [5.41, 5.74) is 1.19. The molecule has 0 atom stereocenters. The number of rotatable bonds is 2. The minimum absolute atomic E-state index is 0.0203. The van der Waals surface area contributed by atoms with E-state index in [1.807, 2.05) is 24.4 Å². The second-order valence-electron chi connectivity index (χ2n) is 3.70. The first-order valence-corrected chi connectivity index (χ1v) is 5.74. The molecule has 0 aromatic carbocycles. The van der Waals surface area contributed by atoms with Gasteiger partial charge in [0.2, 0.25) is 5.91 Å². The maximum Gasteiger partial charge on any atom is 0.246 e. The summed E-state index contributed by atoms with van der Waals surface area (Å²) in [4.78, 5) is 14.3. The Morgan fingerprint density at radius 1 is 1.67 bits per heavy atom. The molecular weight excluding hydrogens is 210 g/mol. The van der Waals surface area contributed by atoms with E-state index in [1.54, 1.807) is 22.3 Å². The van der Waals surface area contributed by atoms with Gasteiger partial charge in [-0.05, 0) is 30.0 Å². The minimum atomic E-state index is -0.328. The number of likely N-dealkylation sites (tertiary alicyclic amines) is 1. The number of carbonyl (C=O) groups is 1. The predicted molar refractivity (Wildman–Crippen MR) is 60.7 cm³/mol. The number of aliphatic hydroxyl groups is 1. The highest BCUT2D eigenvalue weighted by Gasteiger charge is 2.26. The first kappa shape index (κ1) is 10.4. The van der Waals surface area contributed by atoms with Gasteiger partial charge in [-0.15, -0.1) is 11.3 Å². The second kappa shape index (κ2) is 4.16. The normalized spacial score (nSPS) is 17.1. The van der Waals surface area contributed by atoms with Crippen LogP contribution in [0.2, 0.25) is 0 Å². The van der Waals surface area contributed by atoms with Gasteiger partial charge in [-0.2, -0.15) is 0 Å². The highest BCUT2D eigenvalue weighted by Crippen LogP contribution is 2.17. The Morgan fingerprint density at radius 2 is 2.40 bits per heavy atom. The van der Waals surface area contributed by atoms with Crippen molar-refractivity contribution in [2.24, 2.45) is 0 Å². The van der Waals surface area contributed by atoms with E-state index in [1.165, 1.54) is 5.56 Å². The van der Waals surface area contributed by atoms with Gasteiger partial charge in [0.05, 0.1) is 6.10 Å². The molecule has 1 aromatic heterocycles. The molecule has 0 aliphatic carbocycles. The number of thiophene rings is 1. The fraction of sp³-hybridized carbons (Fsp3) is 0.364. The summed E-state index contributed by atoms with van der Waals surface area (Å²) in [6.07, 6.45) is 3.09. The molecule has 1 amide bonds.